The molecule has 18 heavy (non-hydrogen) atoms. The van der Waals surface area contributed by atoms with Gasteiger partial charge in [0.2, 0.25) is 5.91 Å². The number of likely N-dealkylation sites (tertiary alicyclic amines) is 1. The number of carbonyl (C=O) groups excluding carboxylic acids is 1. The molecule has 0 aromatic rings. The monoisotopic (exact) mass is 255 g/mol. The number of carbonyl (C=O) groups is 2. The third-order valence-electron chi connectivity index (χ3n) is 4.48. The molecule has 2 fully saturated rings. The normalized spacial score (nSPS) is 36.0. The van der Waals surface area contributed by atoms with E-state index in [-0.39, 0.29) is 30.4 Å². The lowest BCUT2D eigenvalue weighted by molar-refractivity contribution is -0.142. The number of hydrogen-bond acceptors (Lipinski definition) is 3. The van der Waals surface area contributed by atoms with Crippen molar-refractivity contribution in [2.45, 2.75) is 38.6 Å². The molecule has 1 saturated carbocycles. The molecule has 1 aliphatic heterocycles. The number of carboxylic acid groups (broad SMARTS) is 1. The van der Waals surface area contributed by atoms with Gasteiger partial charge in [0.1, 0.15) is 0 Å². The number of aliphatic hydroxyl groups excluding tert-OH is 1. The number of hydrogen-bond donors (Lipinski definition) is 2. The maximum Gasteiger partial charge on any atom is 0.306 e. The van der Waals surface area contributed by atoms with Crippen LogP contribution in [0.1, 0.15) is 32.6 Å². The average Bonchev–Trinajstić information content (AvgIpc) is 2.94. The second-order valence-electron chi connectivity index (χ2n) is 5.59. The molecule has 1 saturated heterocycles. The first kappa shape index (κ1) is 13.3. The molecule has 1 heterocycles. The van der Waals surface area contributed by atoms with Crippen LogP contribution in [0.5, 0.6) is 0 Å². The molecule has 2 rings (SSSR count). The van der Waals surface area contributed by atoms with Gasteiger partial charge in [-0.05, 0) is 31.6 Å². The van der Waals surface area contributed by atoms with E-state index in [1.54, 1.807) is 4.90 Å². The van der Waals surface area contributed by atoms with E-state index >= 15 is 0 Å². The van der Waals surface area contributed by atoms with Crippen molar-refractivity contribution in [3.05, 3.63) is 0 Å². The van der Waals surface area contributed by atoms with E-state index in [9.17, 15) is 14.7 Å². The van der Waals surface area contributed by atoms with Crippen LogP contribution in [0.15, 0.2) is 0 Å². The maximum atomic E-state index is 12.4. The molecule has 102 valence electrons. The van der Waals surface area contributed by atoms with Gasteiger partial charge < -0.3 is 15.1 Å². The van der Waals surface area contributed by atoms with Gasteiger partial charge in [-0.15, -0.1) is 0 Å². The van der Waals surface area contributed by atoms with E-state index in [1.165, 1.54) is 0 Å². The Hall–Kier alpha value is -1.10. The van der Waals surface area contributed by atoms with Gasteiger partial charge in [-0.2, -0.15) is 0 Å². The van der Waals surface area contributed by atoms with Crippen molar-refractivity contribution in [1.82, 2.24) is 4.90 Å². The van der Waals surface area contributed by atoms with Crippen LogP contribution < -0.4 is 0 Å². The molecule has 4 atom stereocenters. The number of amides is 1. The summed E-state index contributed by atoms with van der Waals surface area (Å²) in [5.74, 6) is -0.950. The SMILES string of the molecule is CC1CCN(C(=O)[C@@H]2CC[C@H](C(=O)O)C2)C1CO. The lowest BCUT2D eigenvalue weighted by Crippen LogP contribution is -2.42. The Labute approximate surface area is 107 Å². The van der Waals surface area contributed by atoms with Crippen molar-refractivity contribution < 1.29 is 19.8 Å². The average molecular weight is 255 g/mol. The molecule has 1 aliphatic carbocycles. The highest BCUT2D eigenvalue weighted by Crippen LogP contribution is 2.35. The highest BCUT2D eigenvalue weighted by Gasteiger charge is 2.40. The minimum absolute atomic E-state index is 0.00197. The Morgan fingerprint density at radius 2 is 1.89 bits per heavy atom. The molecule has 0 aromatic heterocycles. The van der Waals surface area contributed by atoms with Crippen molar-refractivity contribution in [3.8, 4) is 0 Å². The number of aliphatic carboxylic acids is 1. The van der Waals surface area contributed by atoms with E-state index in [4.69, 9.17) is 5.11 Å². The molecule has 5 heteroatoms. The molecule has 2 aliphatic rings. The first-order valence-corrected chi connectivity index (χ1v) is 6.68. The lowest BCUT2D eigenvalue weighted by atomic mass is 10.0. The van der Waals surface area contributed by atoms with Gasteiger partial charge in [-0.3, -0.25) is 9.59 Å². The molecule has 0 spiro atoms. The summed E-state index contributed by atoms with van der Waals surface area (Å²) >= 11 is 0. The van der Waals surface area contributed by atoms with Gasteiger partial charge in [-0.1, -0.05) is 6.92 Å². The van der Waals surface area contributed by atoms with E-state index in [0.29, 0.717) is 31.7 Å². The summed E-state index contributed by atoms with van der Waals surface area (Å²) in [5.41, 5.74) is 0. The van der Waals surface area contributed by atoms with Gasteiger partial charge in [0, 0.05) is 12.5 Å². The van der Waals surface area contributed by atoms with Crippen molar-refractivity contribution in [2.75, 3.05) is 13.2 Å². The Balaban J connectivity index is 1.98. The second-order valence-corrected chi connectivity index (χ2v) is 5.59. The Morgan fingerprint density at radius 3 is 2.44 bits per heavy atom. The summed E-state index contributed by atoms with van der Waals surface area (Å²) < 4.78 is 0. The zero-order chi connectivity index (χ0) is 13.3. The molecule has 0 aromatic carbocycles. The second kappa shape index (κ2) is 5.26. The summed E-state index contributed by atoms with van der Waals surface area (Å²) in [6, 6.07) is -0.0821. The predicted molar refractivity (Wildman–Crippen MR) is 64.8 cm³/mol. The molecule has 5 nitrogen and oxygen atoms in total. The molecule has 2 N–H and O–H groups in total. The van der Waals surface area contributed by atoms with Crippen LogP contribution in [-0.4, -0.2) is 46.2 Å². The number of carboxylic acids is 1. The number of nitrogens with zero attached hydrogens (tertiary/aromatic N) is 1. The zero-order valence-corrected chi connectivity index (χ0v) is 10.7. The summed E-state index contributed by atoms with van der Waals surface area (Å²) in [6.07, 6.45) is 2.64. The van der Waals surface area contributed by atoms with Gasteiger partial charge >= 0.3 is 5.97 Å². The van der Waals surface area contributed by atoms with Crippen molar-refractivity contribution in [2.24, 2.45) is 17.8 Å². The van der Waals surface area contributed by atoms with Crippen LogP contribution in [-0.2, 0) is 9.59 Å². The van der Waals surface area contributed by atoms with Crippen LogP contribution >= 0.6 is 0 Å². The minimum atomic E-state index is -0.793. The first-order valence-electron chi connectivity index (χ1n) is 6.68. The quantitative estimate of drug-likeness (QED) is 0.779. The summed E-state index contributed by atoms with van der Waals surface area (Å²) in [4.78, 5) is 25.0. The van der Waals surface area contributed by atoms with Gasteiger partial charge in [0.05, 0.1) is 18.6 Å². The molecule has 1 amide bonds. The topological polar surface area (TPSA) is 77.8 Å². The Bertz CT molecular complexity index is 344. The fourth-order valence-electron chi connectivity index (χ4n) is 3.22. The third-order valence-corrected chi connectivity index (χ3v) is 4.48. The standard InChI is InChI=1S/C13H21NO4/c1-8-4-5-14(11(8)7-15)12(16)9-2-3-10(6-9)13(17)18/h8-11,15H,2-7H2,1H3,(H,17,18)/t8?,9-,10+,11?/m1/s1. The van der Waals surface area contributed by atoms with Crippen LogP contribution in [0, 0.1) is 17.8 Å². The molecular weight excluding hydrogens is 234 g/mol. The number of aliphatic hydroxyl groups is 1. The third kappa shape index (κ3) is 2.36. The summed E-state index contributed by atoms with van der Waals surface area (Å²) in [6.45, 7) is 2.74. The molecular formula is C13H21NO4. The fourth-order valence-corrected chi connectivity index (χ4v) is 3.22. The first-order chi connectivity index (χ1) is 8.54. The highest BCUT2D eigenvalue weighted by atomic mass is 16.4. The van der Waals surface area contributed by atoms with Crippen LogP contribution in [0.3, 0.4) is 0 Å². The van der Waals surface area contributed by atoms with Crippen LogP contribution in [0.4, 0.5) is 0 Å². The van der Waals surface area contributed by atoms with Crippen molar-refractivity contribution >= 4 is 11.9 Å². The van der Waals surface area contributed by atoms with E-state index < -0.39 is 5.97 Å². The van der Waals surface area contributed by atoms with E-state index in [0.717, 1.165) is 6.42 Å². The predicted octanol–water partition coefficient (Wildman–Crippen LogP) is 0.717. The van der Waals surface area contributed by atoms with Gasteiger partial charge in [0.25, 0.3) is 0 Å². The molecule has 0 bridgehead atoms. The van der Waals surface area contributed by atoms with Crippen LogP contribution in [0.25, 0.3) is 0 Å². The van der Waals surface area contributed by atoms with E-state index in [2.05, 4.69) is 0 Å². The van der Waals surface area contributed by atoms with Crippen LogP contribution in [0.2, 0.25) is 0 Å². The largest absolute Gasteiger partial charge is 0.481 e. The Kier molecular flexibility index (Phi) is 3.90. The molecule has 0 radical (unpaired) electrons. The smallest absolute Gasteiger partial charge is 0.306 e. The number of rotatable bonds is 3. The zero-order valence-electron chi connectivity index (χ0n) is 10.7. The Morgan fingerprint density at radius 1 is 1.22 bits per heavy atom. The molecule has 2 unspecified atom stereocenters. The van der Waals surface area contributed by atoms with Gasteiger partial charge in [0.15, 0.2) is 0 Å². The van der Waals surface area contributed by atoms with E-state index in [1.807, 2.05) is 6.92 Å². The fraction of sp³-hybridized carbons (Fsp3) is 0.846. The maximum absolute atomic E-state index is 12.4. The minimum Gasteiger partial charge on any atom is -0.481 e. The van der Waals surface area contributed by atoms with Crippen molar-refractivity contribution in [1.29, 1.82) is 0 Å². The summed E-state index contributed by atoms with van der Waals surface area (Å²) in [5, 5.41) is 18.3. The highest BCUT2D eigenvalue weighted by molar-refractivity contribution is 5.81. The lowest BCUT2D eigenvalue weighted by Gasteiger charge is -2.27. The van der Waals surface area contributed by atoms with Crippen molar-refractivity contribution in [3.63, 3.8) is 0 Å². The summed E-state index contributed by atoms with van der Waals surface area (Å²) in [7, 11) is 0. The van der Waals surface area contributed by atoms with Gasteiger partial charge in [-0.25, -0.2) is 0 Å².